The van der Waals surface area contributed by atoms with Crippen molar-refractivity contribution >= 4 is 11.0 Å². The summed E-state index contributed by atoms with van der Waals surface area (Å²) in [6.45, 7) is 2.46. The van der Waals surface area contributed by atoms with E-state index in [0.29, 0.717) is 12.1 Å². The summed E-state index contributed by atoms with van der Waals surface area (Å²) >= 11 is 0. The van der Waals surface area contributed by atoms with E-state index < -0.39 is 5.63 Å². The Morgan fingerprint density at radius 3 is 2.71 bits per heavy atom. The Morgan fingerprint density at radius 1 is 1.11 bits per heavy atom. The van der Waals surface area contributed by atoms with Crippen molar-refractivity contribution in [3.05, 3.63) is 76.1 Å². The number of aliphatic hydroxyl groups is 1. The highest BCUT2D eigenvalue weighted by molar-refractivity contribution is 5.81. The molecule has 1 fully saturated rings. The lowest BCUT2D eigenvalue weighted by molar-refractivity contribution is 0.0290. The predicted molar refractivity (Wildman–Crippen MR) is 108 cm³/mol. The number of aromatic hydroxyl groups is 1. The van der Waals surface area contributed by atoms with Crippen molar-refractivity contribution in [2.24, 2.45) is 5.41 Å². The lowest BCUT2D eigenvalue weighted by Gasteiger charge is -2.42. The first-order valence-electron chi connectivity index (χ1n) is 9.70. The first-order valence-corrected chi connectivity index (χ1v) is 9.70. The summed E-state index contributed by atoms with van der Waals surface area (Å²) in [5, 5.41) is 20.7. The maximum Gasteiger partial charge on any atom is 0.336 e. The van der Waals surface area contributed by atoms with Crippen molar-refractivity contribution in [2.45, 2.75) is 25.8 Å². The van der Waals surface area contributed by atoms with Gasteiger partial charge in [0.15, 0.2) is 0 Å². The molecule has 0 bridgehead atoms. The van der Waals surface area contributed by atoms with Crippen molar-refractivity contribution in [2.75, 3.05) is 19.7 Å². The summed E-state index contributed by atoms with van der Waals surface area (Å²) < 4.78 is 5.24. The molecule has 2 N–H and O–H groups in total. The zero-order valence-corrected chi connectivity index (χ0v) is 15.8. The zero-order chi connectivity index (χ0) is 19.6. The second-order valence-electron chi connectivity index (χ2n) is 7.91. The van der Waals surface area contributed by atoms with Crippen LogP contribution in [0.2, 0.25) is 0 Å². The normalized spacial score (nSPS) is 20.5. The molecule has 1 aliphatic rings. The summed E-state index contributed by atoms with van der Waals surface area (Å²) in [7, 11) is 0. The van der Waals surface area contributed by atoms with Gasteiger partial charge in [-0.2, -0.15) is 0 Å². The number of piperidine rings is 1. The van der Waals surface area contributed by atoms with Crippen molar-refractivity contribution < 1.29 is 14.6 Å². The molecular weight excluding hydrogens is 354 g/mol. The van der Waals surface area contributed by atoms with Crippen LogP contribution in [-0.2, 0) is 13.0 Å². The summed E-state index contributed by atoms with van der Waals surface area (Å²) in [4.78, 5) is 14.3. The van der Waals surface area contributed by atoms with Gasteiger partial charge in [0.25, 0.3) is 0 Å². The molecule has 2 aromatic carbocycles. The van der Waals surface area contributed by atoms with Crippen LogP contribution in [-0.4, -0.2) is 34.8 Å². The third-order valence-corrected chi connectivity index (χ3v) is 5.71. The molecule has 1 aromatic heterocycles. The number of likely N-dealkylation sites (tertiary alicyclic amines) is 1. The van der Waals surface area contributed by atoms with Gasteiger partial charge >= 0.3 is 5.63 Å². The quantitative estimate of drug-likeness (QED) is 0.666. The molecule has 0 aliphatic carbocycles. The van der Waals surface area contributed by atoms with E-state index in [2.05, 4.69) is 17.0 Å². The van der Waals surface area contributed by atoms with Gasteiger partial charge in [-0.3, -0.25) is 4.90 Å². The Bertz CT molecular complexity index is 1010. The van der Waals surface area contributed by atoms with E-state index in [-0.39, 0.29) is 17.8 Å². The topological polar surface area (TPSA) is 73.9 Å². The van der Waals surface area contributed by atoms with E-state index in [1.54, 1.807) is 12.1 Å². The molecule has 1 aliphatic heterocycles. The Hall–Kier alpha value is -2.63. The SMILES string of the molecule is O=c1cc(CN2CCCC(CO)(Cc3ccccc3)C2)c2ccc(O)cc2o1. The maximum atomic E-state index is 12.0. The van der Waals surface area contributed by atoms with Gasteiger partial charge in [-0.25, -0.2) is 4.79 Å². The molecule has 1 saturated heterocycles. The third kappa shape index (κ3) is 3.96. The van der Waals surface area contributed by atoms with Crippen LogP contribution in [0.15, 0.2) is 63.8 Å². The van der Waals surface area contributed by atoms with Crippen LogP contribution in [0.4, 0.5) is 0 Å². The summed E-state index contributed by atoms with van der Waals surface area (Å²) in [5.74, 6) is 0.0768. The van der Waals surface area contributed by atoms with E-state index in [0.717, 1.165) is 43.3 Å². The van der Waals surface area contributed by atoms with Crippen molar-refractivity contribution in [3.63, 3.8) is 0 Å². The van der Waals surface area contributed by atoms with Gasteiger partial charge in [0, 0.05) is 36.0 Å². The molecule has 5 heteroatoms. The molecule has 0 spiro atoms. The van der Waals surface area contributed by atoms with Gasteiger partial charge in [-0.15, -0.1) is 0 Å². The van der Waals surface area contributed by atoms with Crippen molar-refractivity contribution in [1.29, 1.82) is 0 Å². The molecular formula is C23H25NO4. The van der Waals surface area contributed by atoms with Gasteiger partial charge in [0.1, 0.15) is 11.3 Å². The molecule has 28 heavy (non-hydrogen) atoms. The minimum atomic E-state index is -0.414. The fraction of sp³-hybridized carbons (Fsp3) is 0.348. The lowest BCUT2D eigenvalue weighted by Crippen LogP contribution is -2.46. The number of phenols is 1. The second kappa shape index (κ2) is 7.78. The fourth-order valence-corrected chi connectivity index (χ4v) is 4.39. The molecule has 146 valence electrons. The number of phenolic OH excluding ortho intramolecular Hbond substituents is 1. The van der Waals surface area contributed by atoms with Gasteiger partial charge in [0.05, 0.1) is 6.61 Å². The molecule has 1 unspecified atom stereocenters. The molecule has 4 rings (SSSR count). The number of fused-ring (bicyclic) bond motifs is 1. The van der Waals surface area contributed by atoms with E-state index in [9.17, 15) is 15.0 Å². The minimum Gasteiger partial charge on any atom is -0.508 e. The monoisotopic (exact) mass is 379 g/mol. The third-order valence-electron chi connectivity index (χ3n) is 5.71. The summed E-state index contributed by atoms with van der Waals surface area (Å²) in [6, 6.07) is 16.7. The Labute approximate surface area is 163 Å². The van der Waals surface area contributed by atoms with Gasteiger partial charge in [-0.05, 0) is 49.1 Å². The van der Waals surface area contributed by atoms with Crippen LogP contribution in [0, 0.1) is 5.41 Å². The van der Waals surface area contributed by atoms with Gasteiger partial charge < -0.3 is 14.6 Å². The van der Waals surface area contributed by atoms with Crippen LogP contribution in [0.3, 0.4) is 0 Å². The predicted octanol–water partition coefficient (Wildman–Crippen LogP) is 3.32. The Balaban J connectivity index is 1.58. The zero-order valence-electron chi connectivity index (χ0n) is 15.8. The Morgan fingerprint density at radius 2 is 1.93 bits per heavy atom. The van der Waals surface area contributed by atoms with Gasteiger partial charge in [0.2, 0.25) is 0 Å². The van der Waals surface area contributed by atoms with Gasteiger partial charge in [-0.1, -0.05) is 30.3 Å². The second-order valence-corrected chi connectivity index (χ2v) is 7.91. The van der Waals surface area contributed by atoms with E-state index in [1.165, 1.54) is 17.7 Å². The Kier molecular flexibility index (Phi) is 5.20. The smallest absolute Gasteiger partial charge is 0.336 e. The molecule has 0 amide bonds. The van der Waals surface area contributed by atoms with Crippen LogP contribution < -0.4 is 5.63 Å². The van der Waals surface area contributed by atoms with E-state index >= 15 is 0 Å². The van der Waals surface area contributed by atoms with Crippen molar-refractivity contribution in [1.82, 2.24) is 4.90 Å². The minimum absolute atomic E-state index is 0.0768. The number of aliphatic hydroxyl groups excluding tert-OH is 1. The summed E-state index contributed by atoms with van der Waals surface area (Å²) in [6.07, 6.45) is 2.83. The van der Waals surface area contributed by atoms with E-state index in [4.69, 9.17) is 4.42 Å². The molecule has 5 nitrogen and oxygen atoms in total. The number of benzene rings is 2. The molecule has 0 radical (unpaired) electrons. The number of hydrogen-bond donors (Lipinski definition) is 2. The molecule has 1 atom stereocenters. The molecule has 3 aromatic rings. The van der Waals surface area contributed by atoms with Crippen LogP contribution >= 0.6 is 0 Å². The molecule has 0 saturated carbocycles. The highest BCUT2D eigenvalue weighted by atomic mass is 16.4. The van der Waals surface area contributed by atoms with Crippen LogP contribution in [0.25, 0.3) is 11.0 Å². The average molecular weight is 379 g/mol. The van der Waals surface area contributed by atoms with Crippen LogP contribution in [0.5, 0.6) is 5.75 Å². The maximum absolute atomic E-state index is 12.0. The van der Waals surface area contributed by atoms with Crippen LogP contribution in [0.1, 0.15) is 24.0 Å². The largest absolute Gasteiger partial charge is 0.508 e. The fourth-order valence-electron chi connectivity index (χ4n) is 4.39. The first-order chi connectivity index (χ1) is 13.6. The number of hydrogen-bond acceptors (Lipinski definition) is 5. The highest BCUT2D eigenvalue weighted by Gasteiger charge is 2.35. The average Bonchev–Trinajstić information content (AvgIpc) is 2.68. The standard InChI is InChI=1S/C23H25NO4/c25-16-23(13-17-5-2-1-3-6-17)9-4-10-24(15-23)14-18-11-22(27)28-21-12-19(26)7-8-20(18)21/h1-3,5-8,11-12,25-26H,4,9-10,13-16H2. The first kappa shape index (κ1) is 18.7. The van der Waals surface area contributed by atoms with Crippen molar-refractivity contribution in [3.8, 4) is 5.75 Å². The lowest BCUT2D eigenvalue weighted by atomic mass is 9.75. The number of nitrogens with zero attached hydrogens (tertiary/aromatic N) is 1. The highest BCUT2D eigenvalue weighted by Crippen LogP contribution is 2.34. The van der Waals surface area contributed by atoms with E-state index in [1.807, 2.05) is 18.2 Å². The summed E-state index contributed by atoms with van der Waals surface area (Å²) in [5.41, 5.74) is 1.94. The molecule has 2 heterocycles. The number of rotatable bonds is 5.